The molecule has 19 heavy (non-hydrogen) atoms. The first-order valence-electron chi connectivity index (χ1n) is 5.56. The molecule has 0 aromatic carbocycles. The molecule has 3 rings (SSSR count). The lowest BCUT2D eigenvalue weighted by Crippen LogP contribution is -2.44. The Morgan fingerprint density at radius 3 is 2.58 bits per heavy atom. The van der Waals surface area contributed by atoms with Gasteiger partial charge in [-0.15, -0.1) is 24.8 Å². The molecule has 1 saturated heterocycles. The van der Waals surface area contributed by atoms with E-state index in [1.54, 1.807) is 6.33 Å². The van der Waals surface area contributed by atoms with Crippen molar-refractivity contribution >= 4 is 53.4 Å². The average molecular weight is 326 g/mol. The van der Waals surface area contributed by atoms with Crippen molar-refractivity contribution in [3.05, 3.63) is 11.6 Å². The minimum atomic E-state index is 0. The second-order valence-corrected chi connectivity index (χ2v) is 4.42. The fraction of sp³-hybridized carbons (Fsp3) is 0.500. The van der Waals surface area contributed by atoms with E-state index >= 15 is 0 Å². The molecule has 0 radical (unpaired) electrons. The molecule has 2 aromatic rings. The maximum Gasteiger partial charge on any atom is 0.226 e. The molecule has 9 heteroatoms. The molecule has 0 saturated carbocycles. The largest absolute Gasteiger partial charge is 0.352 e. The van der Waals surface area contributed by atoms with E-state index in [0.717, 1.165) is 43.2 Å². The molecule has 1 N–H and O–H groups in total. The molecular formula is C10H15Cl3N6. The number of nitrogens with one attached hydrogen (secondary N) is 1. The first-order chi connectivity index (χ1) is 8.25. The normalized spacial score (nSPS) is 14.9. The highest BCUT2D eigenvalue weighted by Gasteiger charge is 2.18. The molecule has 1 fully saturated rings. The Bertz CT molecular complexity index is 551. The van der Waals surface area contributed by atoms with Gasteiger partial charge in [-0.25, -0.2) is 4.98 Å². The number of hydrogen-bond donors (Lipinski definition) is 1. The number of aromatic nitrogens is 4. The van der Waals surface area contributed by atoms with Gasteiger partial charge in [-0.1, -0.05) is 0 Å². The summed E-state index contributed by atoms with van der Waals surface area (Å²) in [7, 11) is 1.90. The lowest BCUT2D eigenvalue weighted by Gasteiger charge is -2.28. The van der Waals surface area contributed by atoms with E-state index in [9.17, 15) is 0 Å². The van der Waals surface area contributed by atoms with Crippen LogP contribution in [-0.4, -0.2) is 45.7 Å². The molecule has 0 amide bonds. The first-order valence-corrected chi connectivity index (χ1v) is 5.94. The molecule has 1 aliphatic heterocycles. The van der Waals surface area contributed by atoms with E-state index in [4.69, 9.17) is 11.6 Å². The van der Waals surface area contributed by atoms with Crippen LogP contribution in [0.4, 0.5) is 5.82 Å². The number of halogens is 3. The van der Waals surface area contributed by atoms with Gasteiger partial charge < -0.3 is 14.8 Å². The van der Waals surface area contributed by atoms with Crippen molar-refractivity contribution in [1.82, 2.24) is 24.8 Å². The van der Waals surface area contributed by atoms with E-state index in [1.807, 2.05) is 11.6 Å². The third kappa shape index (κ3) is 3.02. The molecule has 3 heterocycles. The lowest BCUT2D eigenvalue weighted by molar-refractivity contribution is 0.586. The Kier molecular flexibility index (Phi) is 5.61. The number of anilines is 1. The van der Waals surface area contributed by atoms with E-state index in [-0.39, 0.29) is 30.1 Å². The molecule has 1 aliphatic rings. The molecule has 0 aliphatic carbocycles. The molecule has 2 aromatic heterocycles. The highest BCUT2D eigenvalue weighted by molar-refractivity contribution is 6.28. The molecule has 6 nitrogen and oxygen atoms in total. The SMILES string of the molecule is Cl.Cl.Cn1cnc2c(N3CCNCC3)nc(Cl)nc21. The van der Waals surface area contributed by atoms with Crippen LogP contribution >= 0.6 is 36.4 Å². The number of nitrogens with zero attached hydrogens (tertiary/aromatic N) is 5. The van der Waals surface area contributed by atoms with Gasteiger partial charge in [-0.05, 0) is 11.6 Å². The molecule has 0 atom stereocenters. The van der Waals surface area contributed by atoms with Gasteiger partial charge in [0.05, 0.1) is 6.33 Å². The molecule has 0 unspecified atom stereocenters. The predicted octanol–water partition coefficient (Wildman–Crippen LogP) is 1.27. The van der Waals surface area contributed by atoms with Gasteiger partial charge in [0.1, 0.15) is 0 Å². The van der Waals surface area contributed by atoms with Crippen molar-refractivity contribution in [1.29, 1.82) is 0 Å². The van der Waals surface area contributed by atoms with Crippen LogP contribution < -0.4 is 10.2 Å². The number of aryl methyl sites for hydroxylation is 1. The van der Waals surface area contributed by atoms with Gasteiger partial charge in [0, 0.05) is 33.2 Å². The predicted molar refractivity (Wildman–Crippen MR) is 80.9 cm³/mol. The minimum Gasteiger partial charge on any atom is -0.352 e. The smallest absolute Gasteiger partial charge is 0.226 e. The minimum absolute atomic E-state index is 0. The maximum absolute atomic E-state index is 5.97. The Hall–Kier alpha value is -0.820. The Labute approximate surface area is 128 Å². The van der Waals surface area contributed by atoms with Gasteiger partial charge in [0.2, 0.25) is 5.28 Å². The second-order valence-electron chi connectivity index (χ2n) is 4.08. The van der Waals surface area contributed by atoms with Gasteiger partial charge in [0.25, 0.3) is 0 Å². The van der Waals surface area contributed by atoms with Crippen molar-refractivity contribution in [2.45, 2.75) is 0 Å². The van der Waals surface area contributed by atoms with Crippen LogP contribution in [0.5, 0.6) is 0 Å². The van der Waals surface area contributed by atoms with Gasteiger partial charge in [0.15, 0.2) is 17.0 Å². The van der Waals surface area contributed by atoms with E-state index in [0.29, 0.717) is 0 Å². The summed E-state index contributed by atoms with van der Waals surface area (Å²) in [6.45, 7) is 3.74. The standard InChI is InChI=1S/C10H13ClN6.2ClH/c1-16-6-13-7-8(16)14-10(11)15-9(7)17-4-2-12-3-5-17;;/h6,12H,2-5H2,1H3;2*1H. The van der Waals surface area contributed by atoms with E-state index < -0.39 is 0 Å². The quantitative estimate of drug-likeness (QED) is 0.800. The van der Waals surface area contributed by atoms with Gasteiger partial charge in [-0.2, -0.15) is 9.97 Å². The maximum atomic E-state index is 5.97. The summed E-state index contributed by atoms with van der Waals surface area (Å²) in [4.78, 5) is 15.1. The van der Waals surface area contributed by atoms with Crippen molar-refractivity contribution in [2.24, 2.45) is 7.05 Å². The van der Waals surface area contributed by atoms with Gasteiger partial charge in [-0.3, -0.25) is 0 Å². The molecular weight excluding hydrogens is 311 g/mol. The topological polar surface area (TPSA) is 58.9 Å². The molecule has 0 spiro atoms. The lowest BCUT2D eigenvalue weighted by atomic mass is 10.3. The average Bonchev–Trinajstić information content (AvgIpc) is 2.72. The fourth-order valence-electron chi connectivity index (χ4n) is 2.06. The highest BCUT2D eigenvalue weighted by Crippen LogP contribution is 2.23. The fourth-order valence-corrected chi connectivity index (χ4v) is 2.22. The number of fused-ring (bicyclic) bond motifs is 1. The van der Waals surface area contributed by atoms with Crippen LogP contribution in [0.15, 0.2) is 6.33 Å². The van der Waals surface area contributed by atoms with E-state index in [1.165, 1.54) is 0 Å². The summed E-state index contributed by atoms with van der Waals surface area (Å²) in [6, 6.07) is 0. The Morgan fingerprint density at radius 2 is 1.89 bits per heavy atom. The summed E-state index contributed by atoms with van der Waals surface area (Å²) >= 11 is 5.97. The van der Waals surface area contributed by atoms with Crippen LogP contribution in [-0.2, 0) is 7.05 Å². The zero-order chi connectivity index (χ0) is 11.8. The highest BCUT2D eigenvalue weighted by atomic mass is 35.5. The van der Waals surface area contributed by atoms with Crippen molar-refractivity contribution in [3.8, 4) is 0 Å². The number of piperazine rings is 1. The monoisotopic (exact) mass is 324 g/mol. The summed E-state index contributed by atoms with van der Waals surface area (Å²) < 4.78 is 1.86. The molecule has 106 valence electrons. The van der Waals surface area contributed by atoms with Crippen LogP contribution in [0.3, 0.4) is 0 Å². The summed E-state index contributed by atoms with van der Waals surface area (Å²) in [5.74, 6) is 0.835. The zero-order valence-corrected chi connectivity index (χ0v) is 12.7. The van der Waals surface area contributed by atoms with Gasteiger partial charge >= 0.3 is 0 Å². The van der Waals surface area contributed by atoms with Crippen molar-refractivity contribution in [2.75, 3.05) is 31.1 Å². The summed E-state index contributed by atoms with van der Waals surface area (Å²) in [5.41, 5.74) is 1.59. The zero-order valence-electron chi connectivity index (χ0n) is 10.3. The van der Waals surface area contributed by atoms with Crippen LogP contribution in [0.2, 0.25) is 5.28 Å². The van der Waals surface area contributed by atoms with E-state index in [2.05, 4.69) is 25.2 Å². The Morgan fingerprint density at radius 1 is 1.21 bits per heavy atom. The number of imidazole rings is 1. The van der Waals surface area contributed by atoms with Crippen LogP contribution in [0, 0.1) is 0 Å². The Balaban J connectivity index is 0.000000902. The summed E-state index contributed by atoms with van der Waals surface area (Å²) in [6.07, 6.45) is 1.74. The van der Waals surface area contributed by atoms with Crippen molar-refractivity contribution < 1.29 is 0 Å². The van der Waals surface area contributed by atoms with Crippen molar-refractivity contribution in [3.63, 3.8) is 0 Å². The third-order valence-electron chi connectivity index (χ3n) is 2.93. The third-order valence-corrected chi connectivity index (χ3v) is 3.10. The number of rotatable bonds is 1. The molecule has 0 bridgehead atoms. The summed E-state index contributed by atoms with van der Waals surface area (Å²) in [5, 5.41) is 3.58. The van der Waals surface area contributed by atoms with Crippen LogP contribution in [0.25, 0.3) is 11.2 Å². The van der Waals surface area contributed by atoms with Crippen LogP contribution in [0.1, 0.15) is 0 Å². The second kappa shape index (κ2) is 6.56. The number of hydrogen-bond acceptors (Lipinski definition) is 5. The first kappa shape index (κ1) is 16.2.